The molecule has 19 heavy (non-hydrogen) atoms. The summed E-state index contributed by atoms with van der Waals surface area (Å²) in [5.41, 5.74) is 1.16. The average Bonchev–Trinajstić information content (AvgIpc) is 2.94. The minimum Gasteiger partial charge on any atom is -0.481 e. The van der Waals surface area contributed by atoms with Gasteiger partial charge in [-0.3, -0.25) is 9.59 Å². The number of likely N-dealkylation sites (tertiary alicyclic amines) is 1. The quantitative estimate of drug-likeness (QED) is 0.923. The highest BCUT2D eigenvalue weighted by Gasteiger charge is 2.31. The van der Waals surface area contributed by atoms with E-state index in [9.17, 15) is 9.59 Å². The fraction of sp³-hybridized carbons (Fsp3) is 0.571. The van der Waals surface area contributed by atoms with E-state index in [1.54, 1.807) is 4.90 Å². The summed E-state index contributed by atoms with van der Waals surface area (Å²) in [6.45, 7) is 4.77. The molecule has 1 atom stereocenters. The van der Waals surface area contributed by atoms with E-state index in [1.807, 2.05) is 13.0 Å². The highest BCUT2D eigenvalue weighted by atomic mass is 32.1. The Morgan fingerprint density at radius 2 is 2.26 bits per heavy atom. The first-order valence-corrected chi connectivity index (χ1v) is 7.46. The lowest BCUT2D eigenvalue weighted by Crippen LogP contribution is -2.36. The first-order valence-electron chi connectivity index (χ1n) is 6.65. The fourth-order valence-corrected chi connectivity index (χ4v) is 3.70. The van der Waals surface area contributed by atoms with Crippen LogP contribution in [0.25, 0.3) is 0 Å². The lowest BCUT2D eigenvalue weighted by molar-refractivity contribution is -0.137. The normalized spacial score (nSPS) is 18.8. The smallest absolute Gasteiger partial charge is 0.305 e. The van der Waals surface area contributed by atoms with Gasteiger partial charge in [0, 0.05) is 17.5 Å². The van der Waals surface area contributed by atoms with Crippen molar-refractivity contribution in [1.29, 1.82) is 0 Å². The molecule has 0 radical (unpaired) electrons. The molecule has 1 fully saturated rings. The number of hydrogen-bond acceptors (Lipinski definition) is 3. The van der Waals surface area contributed by atoms with Crippen molar-refractivity contribution >= 4 is 23.2 Å². The third-order valence-electron chi connectivity index (χ3n) is 3.60. The van der Waals surface area contributed by atoms with E-state index < -0.39 is 5.97 Å². The number of carboxylic acids is 1. The summed E-state index contributed by atoms with van der Waals surface area (Å²) in [5, 5.41) is 8.89. The van der Waals surface area contributed by atoms with Gasteiger partial charge in [-0.15, -0.1) is 11.3 Å². The van der Waals surface area contributed by atoms with Gasteiger partial charge in [-0.2, -0.15) is 0 Å². The Hall–Kier alpha value is -1.36. The number of carboxylic acid groups (broad SMARTS) is 1. The standard InChI is InChI=1S/C14H19NO3S/c1-3-11-9(2)7-12(19-11)14(18)15-6-4-5-10(15)8-13(16)17/h7,10H,3-6,8H2,1-2H3,(H,16,17). The summed E-state index contributed by atoms with van der Waals surface area (Å²) in [4.78, 5) is 27.0. The van der Waals surface area contributed by atoms with Gasteiger partial charge < -0.3 is 10.0 Å². The number of carbonyl (C=O) groups excluding carboxylic acids is 1. The molecule has 4 nitrogen and oxygen atoms in total. The molecule has 0 aromatic carbocycles. The molecule has 0 saturated carbocycles. The summed E-state index contributed by atoms with van der Waals surface area (Å²) in [5.74, 6) is -0.835. The molecule has 1 unspecified atom stereocenters. The van der Waals surface area contributed by atoms with Gasteiger partial charge in [0.1, 0.15) is 0 Å². The lowest BCUT2D eigenvalue weighted by atomic mass is 10.1. The molecule has 1 aliphatic heterocycles. The number of carbonyl (C=O) groups is 2. The van der Waals surface area contributed by atoms with Crippen LogP contribution in [-0.2, 0) is 11.2 Å². The highest BCUT2D eigenvalue weighted by molar-refractivity contribution is 7.14. The summed E-state index contributed by atoms with van der Waals surface area (Å²) in [6, 6.07) is 1.79. The van der Waals surface area contributed by atoms with Crippen LogP contribution in [0.5, 0.6) is 0 Å². The van der Waals surface area contributed by atoms with Crippen LogP contribution in [0, 0.1) is 6.92 Å². The van der Waals surface area contributed by atoms with E-state index in [0.717, 1.165) is 29.7 Å². The van der Waals surface area contributed by atoms with E-state index in [2.05, 4.69) is 6.92 Å². The minimum atomic E-state index is -0.832. The number of nitrogens with zero attached hydrogens (tertiary/aromatic N) is 1. The van der Waals surface area contributed by atoms with Gasteiger partial charge in [0.15, 0.2) is 0 Å². The molecule has 0 spiro atoms. The Morgan fingerprint density at radius 1 is 1.53 bits per heavy atom. The average molecular weight is 281 g/mol. The Morgan fingerprint density at radius 3 is 2.84 bits per heavy atom. The zero-order chi connectivity index (χ0) is 14.0. The van der Waals surface area contributed by atoms with Crippen molar-refractivity contribution in [1.82, 2.24) is 4.90 Å². The van der Waals surface area contributed by atoms with Crippen molar-refractivity contribution in [2.24, 2.45) is 0 Å². The number of thiophene rings is 1. The van der Waals surface area contributed by atoms with Crippen molar-refractivity contribution in [2.45, 2.75) is 45.6 Å². The van der Waals surface area contributed by atoms with Gasteiger partial charge in [-0.1, -0.05) is 6.92 Å². The predicted molar refractivity (Wildman–Crippen MR) is 74.7 cm³/mol. The number of aryl methyl sites for hydroxylation is 2. The number of amides is 1. The maximum Gasteiger partial charge on any atom is 0.305 e. The van der Waals surface area contributed by atoms with Crippen molar-refractivity contribution in [2.75, 3.05) is 6.54 Å². The molecule has 1 aromatic heterocycles. The zero-order valence-corrected chi connectivity index (χ0v) is 12.1. The maximum absolute atomic E-state index is 12.5. The van der Waals surface area contributed by atoms with Crippen LogP contribution in [0.15, 0.2) is 6.07 Å². The largest absolute Gasteiger partial charge is 0.481 e. The maximum atomic E-state index is 12.5. The second-order valence-electron chi connectivity index (χ2n) is 4.96. The third kappa shape index (κ3) is 2.97. The van der Waals surface area contributed by atoms with Crippen LogP contribution in [-0.4, -0.2) is 34.5 Å². The van der Waals surface area contributed by atoms with Crippen molar-refractivity contribution in [3.05, 3.63) is 21.4 Å². The Kier molecular flexibility index (Phi) is 4.24. The summed E-state index contributed by atoms with van der Waals surface area (Å²) >= 11 is 1.54. The summed E-state index contributed by atoms with van der Waals surface area (Å²) in [6.07, 6.45) is 2.68. The molecule has 1 aliphatic rings. The van der Waals surface area contributed by atoms with Crippen LogP contribution in [0.1, 0.15) is 46.3 Å². The molecule has 1 aromatic rings. The van der Waals surface area contributed by atoms with Crippen molar-refractivity contribution in [3.63, 3.8) is 0 Å². The number of rotatable bonds is 4. The molecular formula is C14H19NO3S. The van der Waals surface area contributed by atoms with Crippen LogP contribution < -0.4 is 0 Å². The van der Waals surface area contributed by atoms with E-state index in [1.165, 1.54) is 16.2 Å². The summed E-state index contributed by atoms with van der Waals surface area (Å²) in [7, 11) is 0. The lowest BCUT2D eigenvalue weighted by Gasteiger charge is -2.22. The van der Waals surface area contributed by atoms with Gasteiger partial charge in [0.05, 0.1) is 11.3 Å². The van der Waals surface area contributed by atoms with Crippen molar-refractivity contribution < 1.29 is 14.7 Å². The second kappa shape index (κ2) is 5.74. The van der Waals surface area contributed by atoms with E-state index in [-0.39, 0.29) is 18.4 Å². The number of hydrogen-bond donors (Lipinski definition) is 1. The van der Waals surface area contributed by atoms with Gasteiger partial charge >= 0.3 is 5.97 Å². The molecule has 1 saturated heterocycles. The minimum absolute atomic E-state index is 0.00319. The molecule has 0 bridgehead atoms. The molecule has 104 valence electrons. The van der Waals surface area contributed by atoms with Crippen LogP contribution >= 0.6 is 11.3 Å². The molecule has 0 aliphatic carbocycles. The van der Waals surface area contributed by atoms with Gasteiger partial charge in [-0.05, 0) is 37.8 Å². The second-order valence-corrected chi connectivity index (χ2v) is 6.10. The first-order chi connectivity index (χ1) is 9.02. The Bertz CT molecular complexity index is 495. The predicted octanol–water partition coefficient (Wildman–Crippen LogP) is 2.70. The molecule has 5 heteroatoms. The van der Waals surface area contributed by atoms with E-state index in [0.29, 0.717) is 6.54 Å². The van der Waals surface area contributed by atoms with Crippen LogP contribution in [0.4, 0.5) is 0 Å². The molecule has 2 heterocycles. The number of aliphatic carboxylic acids is 1. The van der Waals surface area contributed by atoms with Crippen LogP contribution in [0.2, 0.25) is 0 Å². The fourth-order valence-electron chi connectivity index (χ4n) is 2.63. The molecule has 1 N–H and O–H groups in total. The van der Waals surface area contributed by atoms with Gasteiger partial charge in [0.25, 0.3) is 5.91 Å². The zero-order valence-electron chi connectivity index (χ0n) is 11.3. The molecule has 2 rings (SSSR count). The molecular weight excluding hydrogens is 262 g/mol. The van der Waals surface area contributed by atoms with Crippen LogP contribution in [0.3, 0.4) is 0 Å². The monoisotopic (exact) mass is 281 g/mol. The topological polar surface area (TPSA) is 57.6 Å². The third-order valence-corrected chi connectivity index (χ3v) is 4.97. The SMILES string of the molecule is CCc1sc(C(=O)N2CCCC2CC(=O)O)cc1C. The van der Waals surface area contributed by atoms with E-state index >= 15 is 0 Å². The van der Waals surface area contributed by atoms with E-state index in [4.69, 9.17) is 5.11 Å². The first kappa shape index (κ1) is 14.1. The Labute approximate surface area is 117 Å². The highest BCUT2D eigenvalue weighted by Crippen LogP contribution is 2.28. The van der Waals surface area contributed by atoms with Gasteiger partial charge in [0.2, 0.25) is 0 Å². The summed E-state index contributed by atoms with van der Waals surface area (Å²) < 4.78 is 0. The molecule has 1 amide bonds. The Balaban J connectivity index is 2.15. The van der Waals surface area contributed by atoms with Gasteiger partial charge in [-0.25, -0.2) is 0 Å². The van der Waals surface area contributed by atoms with Crippen molar-refractivity contribution in [3.8, 4) is 0 Å².